The fourth-order valence-electron chi connectivity index (χ4n) is 2.56. The number of pyridine rings is 1. The average Bonchev–Trinajstić information content (AvgIpc) is 3.07. The number of aryl methyl sites for hydroxylation is 1. The molecule has 0 aliphatic rings. The summed E-state index contributed by atoms with van der Waals surface area (Å²) in [6.45, 7) is 4.07. The van der Waals surface area contributed by atoms with Gasteiger partial charge < -0.3 is 10.6 Å². The van der Waals surface area contributed by atoms with E-state index in [-0.39, 0.29) is 11.8 Å². The molecule has 2 amide bonds. The molecular weight excluding hydrogens is 342 g/mol. The van der Waals surface area contributed by atoms with E-state index in [1.807, 2.05) is 25.1 Å². The number of nitrogens with zero attached hydrogens (tertiary/aromatic N) is 3. The van der Waals surface area contributed by atoms with Crippen molar-refractivity contribution in [3.05, 3.63) is 71.7 Å². The molecule has 2 aromatic heterocycles. The van der Waals surface area contributed by atoms with E-state index in [9.17, 15) is 9.59 Å². The number of carbonyl (C=O) groups excluding carboxylic acids is 2. The molecule has 2 heterocycles. The van der Waals surface area contributed by atoms with Gasteiger partial charge in [-0.3, -0.25) is 14.6 Å². The highest BCUT2D eigenvalue weighted by atomic mass is 16.2. The molecule has 0 aliphatic heterocycles. The maximum absolute atomic E-state index is 12.3. The molecule has 0 aliphatic carbocycles. The number of carbonyl (C=O) groups is 2. The van der Waals surface area contributed by atoms with E-state index in [1.54, 1.807) is 48.3 Å². The van der Waals surface area contributed by atoms with Gasteiger partial charge in [0.15, 0.2) is 0 Å². The molecule has 7 heteroatoms. The van der Waals surface area contributed by atoms with Crippen molar-refractivity contribution in [2.24, 2.45) is 0 Å². The predicted molar refractivity (Wildman–Crippen MR) is 103 cm³/mol. The molecule has 138 valence electrons. The molecule has 27 heavy (non-hydrogen) atoms. The maximum Gasteiger partial charge on any atom is 0.251 e. The van der Waals surface area contributed by atoms with Crippen molar-refractivity contribution >= 4 is 17.6 Å². The Bertz CT molecular complexity index is 933. The molecule has 1 aromatic carbocycles. The number of anilines is 1. The third-order valence-corrected chi connectivity index (χ3v) is 3.97. The summed E-state index contributed by atoms with van der Waals surface area (Å²) in [6, 6.07) is 12.6. The van der Waals surface area contributed by atoms with Gasteiger partial charge in [0.25, 0.3) is 5.91 Å². The van der Waals surface area contributed by atoms with Gasteiger partial charge in [-0.2, -0.15) is 5.10 Å². The topological polar surface area (TPSA) is 88.9 Å². The Morgan fingerprint density at radius 3 is 2.59 bits per heavy atom. The van der Waals surface area contributed by atoms with Gasteiger partial charge in [-0.05, 0) is 42.8 Å². The summed E-state index contributed by atoms with van der Waals surface area (Å²) in [5.74, 6) is 0.359. The number of aromatic nitrogens is 3. The Morgan fingerprint density at radius 1 is 1.15 bits per heavy atom. The highest BCUT2D eigenvalue weighted by molar-refractivity contribution is 5.94. The van der Waals surface area contributed by atoms with Crippen LogP contribution in [0.15, 0.2) is 54.9 Å². The summed E-state index contributed by atoms with van der Waals surface area (Å²) in [5, 5.41) is 10.1. The SMILES string of the molecule is CCC(=O)Nc1cc(C)nn1-c1ccc(C(=O)NCc2cccnc2)cc1. The fourth-order valence-corrected chi connectivity index (χ4v) is 2.56. The lowest BCUT2D eigenvalue weighted by atomic mass is 10.2. The van der Waals surface area contributed by atoms with Gasteiger partial charge in [-0.1, -0.05) is 13.0 Å². The second kappa shape index (κ2) is 8.27. The van der Waals surface area contributed by atoms with E-state index in [2.05, 4.69) is 20.7 Å². The van der Waals surface area contributed by atoms with Gasteiger partial charge in [0, 0.05) is 37.0 Å². The fraction of sp³-hybridized carbons (Fsp3) is 0.200. The molecule has 7 nitrogen and oxygen atoms in total. The third kappa shape index (κ3) is 4.58. The third-order valence-electron chi connectivity index (χ3n) is 3.97. The molecule has 0 fully saturated rings. The minimum atomic E-state index is -0.165. The minimum absolute atomic E-state index is 0.0810. The number of benzene rings is 1. The van der Waals surface area contributed by atoms with Crippen LogP contribution in [-0.4, -0.2) is 26.6 Å². The molecule has 0 bridgehead atoms. The predicted octanol–water partition coefficient (Wildman–Crippen LogP) is 2.85. The van der Waals surface area contributed by atoms with Crippen LogP contribution >= 0.6 is 0 Å². The first kappa shape index (κ1) is 18.3. The van der Waals surface area contributed by atoms with Crippen LogP contribution in [0.5, 0.6) is 0 Å². The van der Waals surface area contributed by atoms with E-state index in [1.165, 1.54) is 0 Å². The zero-order valence-corrected chi connectivity index (χ0v) is 15.3. The first-order valence-electron chi connectivity index (χ1n) is 8.71. The van der Waals surface area contributed by atoms with Gasteiger partial charge >= 0.3 is 0 Å². The van der Waals surface area contributed by atoms with E-state index >= 15 is 0 Å². The minimum Gasteiger partial charge on any atom is -0.348 e. The van der Waals surface area contributed by atoms with Gasteiger partial charge in [0.1, 0.15) is 5.82 Å². The van der Waals surface area contributed by atoms with E-state index in [0.29, 0.717) is 24.3 Å². The molecule has 3 rings (SSSR count). The number of hydrogen-bond acceptors (Lipinski definition) is 4. The molecular formula is C20H21N5O2. The van der Waals surface area contributed by atoms with Crippen LogP contribution in [0.25, 0.3) is 5.69 Å². The van der Waals surface area contributed by atoms with Gasteiger partial charge in [-0.25, -0.2) is 4.68 Å². The Hall–Kier alpha value is -3.48. The molecule has 0 saturated carbocycles. The Kier molecular flexibility index (Phi) is 5.61. The average molecular weight is 363 g/mol. The zero-order valence-electron chi connectivity index (χ0n) is 15.3. The summed E-state index contributed by atoms with van der Waals surface area (Å²) in [4.78, 5) is 28.0. The van der Waals surface area contributed by atoms with Crippen LogP contribution in [-0.2, 0) is 11.3 Å². The van der Waals surface area contributed by atoms with Crippen LogP contribution in [0.1, 0.15) is 35.0 Å². The van der Waals surface area contributed by atoms with Crippen LogP contribution in [0.3, 0.4) is 0 Å². The van der Waals surface area contributed by atoms with Crippen molar-refractivity contribution in [2.45, 2.75) is 26.8 Å². The lowest BCUT2D eigenvalue weighted by molar-refractivity contribution is -0.115. The highest BCUT2D eigenvalue weighted by Gasteiger charge is 2.11. The second-order valence-electron chi connectivity index (χ2n) is 6.08. The van der Waals surface area contributed by atoms with E-state index in [0.717, 1.165) is 16.9 Å². The quantitative estimate of drug-likeness (QED) is 0.705. The molecule has 0 saturated heterocycles. The largest absolute Gasteiger partial charge is 0.348 e. The zero-order chi connectivity index (χ0) is 19.2. The summed E-state index contributed by atoms with van der Waals surface area (Å²) >= 11 is 0. The van der Waals surface area contributed by atoms with Gasteiger partial charge in [0.05, 0.1) is 11.4 Å². The molecule has 0 radical (unpaired) electrons. The monoisotopic (exact) mass is 363 g/mol. The summed E-state index contributed by atoms with van der Waals surface area (Å²) in [7, 11) is 0. The van der Waals surface area contributed by atoms with Gasteiger partial charge in [-0.15, -0.1) is 0 Å². The van der Waals surface area contributed by atoms with E-state index < -0.39 is 0 Å². The first-order valence-corrected chi connectivity index (χ1v) is 8.71. The normalized spacial score (nSPS) is 10.4. The highest BCUT2D eigenvalue weighted by Crippen LogP contribution is 2.18. The van der Waals surface area contributed by atoms with Crippen molar-refractivity contribution in [3.8, 4) is 5.69 Å². The Morgan fingerprint density at radius 2 is 1.93 bits per heavy atom. The van der Waals surface area contributed by atoms with Crippen molar-refractivity contribution < 1.29 is 9.59 Å². The molecule has 3 aromatic rings. The van der Waals surface area contributed by atoms with Crippen molar-refractivity contribution in [2.75, 3.05) is 5.32 Å². The van der Waals surface area contributed by atoms with Crippen LogP contribution in [0.2, 0.25) is 0 Å². The summed E-state index contributed by atoms with van der Waals surface area (Å²) < 4.78 is 1.65. The Labute approximate surface area is 157 Å². The molecule has 0 atom stereocenters. The maximum atomic E-state index is 12.3. The van der Waals surface area contributed by atoms with Gasteiger partial charge in [0.2, 0.25) is 5.91 Å². The number of nitrogens with one attached hydrogen (secondary N) is 2. The van der Waals surface area contributed by atoms with Crippen molar-refractivity contribution in [3.63, 3.8) is 0 Å². The van der Waals surface area contributed by atoms with Crippen LogP contribution in [0.4, 0.5) is 5.82 Å². The molecule has 0 unspecified atom stereocenters. The lowest BCUT2D eigenvalue weighted by Crippen LogP contribution is -2.22. The Balaban J connectivity index is 1.72. The molecule has 0 spiro atoms. The molecule has 2 N–H and O–H groups in total. The first-order chi connectivity index (χ1) is 13.1. The van der Waals surface area contributed by atoms with Crippen LogP contribution in [0, 0.1) is 6.92 Å². The summed E-state index contributed by atoms with van der Waals surface area (Å²) in [5.41, 5.74) is 3.04. The number of rotatable bonds is 6. The van der Waals surface area contributed by atoms with Crippen LogP contribution < -0.4 is 10.6 Å². The van der Waals surface area contributed by atoms with Crippen molar-refractivity contribution in [1.82, 2.24) is 20.1 Å². The van der Waals surface area contributed by atoms with E-state index in [4.69, 9.17) is 0 Å². The number of amides is 2. The number of hydrogen-bond donors (Lipinski definition) is 2. The van der Waals surface area contributed by atoms with Crippen molar-refractivity contribution in [1.29, 1.82) is 0 Å². The smallest absolute Gasteiger partial charge is 0.251 e. The standard InChI is InChI=1S/C20H21N5O2/c1-3-19(26)23-18-11-14(2)24-25(18)17-8-6-16(7-9-17)20(27)22-13-15-5-4-10-21-12-15/h4-12H,3,13H2,1-2H3,(H,22,27)(H,23,26). The second-order valence-corrected chi connectivity index (χ2v) is 6.08. The lowest BCUT2D eigenvalue weighted by Gasteiger charge is -2.09. The summed E-state index contributed by atoms with van der Waals surface area (Å²) in [6.07, 6.45) is 3.80.